The minimum atomic E-state index is -0.207. The molecule has 1 heterocycles. The fourth-order valence-corrected chi connectivity index (χ4v) is 2.53. The average Bonchev–Trinajstić information content (AvgIpc) is 2.87. The van der Waals surface area contributed by atoms with Gasteiger partial charge in [0.1, 0.15) is 5.82 Å². The predicted octanol–water partition coefficient (Wildman–Crippen LogP) is 4.15. The van der Waals surface area contributed by atoms with Crippen molar-refractivity contribution in [3.8, 4) is 0 Å². The topological polar surface area (TPSA) is 46.9 Å². The number of aromatic nitrogens is 2. The molecule has 0 aliphatic rings. The van der Waals surface area contributed by atoms with Gasteiger partial charge in [-0.1, -0.05) is 48.0 Å². The number of carbonyl (C=O) groups is 1. The summed E-state index contributed by atoms with van der Waals surface area (Å²) in [5, 5.41) is 7.88. The van der Waals surface area contributed by atoms with Gasteiger partial charge in [0.2, 0.25) is 0 Å². The third-order valence-electron chi connectivity index (χ3n) is 3.41. The number of nitrogens with zero attached hydrogens (tertiary/aromatic N) is 2. The molecule has 0 bridgehead atoms. The number of carbonyl (C=O) groups excluding carboxylic acids is 1. The van der Waals surface area contributed by atoms with E-state index in [1.165, 1.54) is 0 Å². The van der Waals surface area contributed by atoms with Crippen LogP contribution in [-0.2, 0) is 6.54 Å². The molecule has 0 atom stereocenters. The second kappa shape index (κ2) is 6.67. The smallest absolute Gasteiger partial charge is 0.256 e. The van der Waals surface area contributed by atoms with Gasteiger partial charge in [0.25, 0.3) is 5.91 Å². The number of hydrogen-bond acceptors (Lipinski definition) is 2. The molecule has 0 radical (unpaired) electrons. The second-order valence-corrected chi connectivity index (χ2v) is 5.72. The average molecular weight is 326 g/mol. The summed E-state index contributed by atoms with van der Waals surface area (Å²) in [5.41, 5.74) is 2.48. The number of nitrogens with one attached hydrogen (secondary N) is 1. The van der Waals surface area contributed by atoms with E-state index in [9.17, 15) is 4.79 Å². The third-order valence-corrected chi connectivity index (χ3v) is 3.64. The van der Waals surface area contributed by atoms with Crippen molar-refractivity contribution in [2.45, 2.75) is 13.5 Å². The predicted molar refractivity (Wildman–Crippen MR) is 91.9 cm³/mol. The Morgan fingerprint density at radius 2 is 1.91 bits per heavy atom. The Balaban J connectivity index is 1.82. The van der Waals surface area contributed by atoms with Crippen molar-refractivity contribution in [2.75, 3.05) is 5.32 Å². The van der Waals surface area contributed by atoms with Crippen molar-refractivity contribution in [3.05, 3.63) is 82.5 Å². The molecule has 1 amide bonds. The normalized spacial score (nSPS) is 10.5. The van der Waals surface area contributed by atoms with Gasteiger partial charge in [-0.3, -0.25) is 4.79 Å². The van der Waals surface area contributed by atoms with Gasteiger partial charge < -0.3 is 5.32 Å². The van der Waals surface area contributed by atoms with Crippen LogP contribution in [0.25, 0.3) is 0 Å². The Morgan fingerprint density at radius 3 is 2.65 bits per heavy atom. The van der Waals surface area contributed by atoms with Gasteiger partial charge in [0.15, 0.2) is 0 Å². The molecule has 0 saturated heterocycles. The molecule has 1 N–H and O–H groups in total. The molecule has 23 heavy (non-hydrogen) atoms. The molecular formula is C18H16ClN3O. The lowest BCUT2D eigenvalue weighted by molar-refractivity contribution is 0.102. The van der Waals surface area contributed by atoms with Gasteiger partial charge in [-0.25, -0.2) is 4.68 Å². The Kier molecular flexibility index (Phi) is 4.44. The largest absolute Gasteiger partial charge is 0.307 e. The molecule has 0 spiro atoms. The van der Waals surface area contributed by atoms with Crippen LogP contribution in [0, 0.1) is 6.92 Å². The van der Waals surface area contributed by atoms with Gasteiger partial charge in [0, 0.05) is 16.7 Å². The summed E-state index contributed by atoms with van der Waals surface area (Å²) in [5.74, 6) is 0.457. The molecule has 0 aliphatic heterocycles. The second-order valence-electron chi connectivity index (χ2n) is 5.28. The Hall–Kier alpha value is -2.59. The minimum Gasteiger partial charge on any atom is -0.307 e. The maximum absolute atomic E-state index is 12.4. The number of benzene rings is 2. The first-order chi connectivity index (χ1) is 11.1. The molecule has 116 valence electrons. The number of hydrogen-bond donors (Lipinski definition) is 1. The summed E-state index contributed by atoms with van der Waals surface area (Å²) in [4.78, 5) is 12.4. The number of anilines is 1. The van der Waals surface area contributed by atoms with E-state index in [-0.39, 0.29) is 5.91 Å². The highest BCUT2D eigenvalue weighted by Gasteiger charge is 2.11. The molecule has 0 aliphatic carbocycles. The first-order valence-corrected chi connectivity index (χ1v) is 7.65. The maximum Gasteiger partial charge on any atom is 0.256 e. The van der Waals surface area contributed by atoms with Crippen LogP contribution in [0.1, 0.15) is 21.6 Å². The highest BCUT2D eigenvalue weighted by Crippen LogP contribution is 2.16. The fourth-order valence-electron chi connectivity index (χ4n) is 2.34. The monoisotopic (exact) mass is 325 g/mol. The molecule has 2 aromatic carbocycles. The first kappa shape index (κ1) is 15.3. The van der Waals surface area contributed by atoms with E-state index in [4.69, 9.17) is 11.6 Å². The third kappa shape index (κ3) is 3.79. The van der Waals surface area contributed by atoms with Crippen molar-refractivity contribution in [1.82, 2.24) is 9.78 Å². The molecule has 4 nitrogen and oxygen atoms in total. The number of aryl methyl sites for hydroxylation is 1. The van der Waals surface area contributed by atoms with E-state index in [2.05, 4.69) is 10.4 Å². The quantitative estimate of drug-likeness (QED) is 0.783. The molecule has 1 aromatic heterocycles. The van der Waals surface area contributed by atoms with E-state index < -0.39 is 0 Å². The lowest BCUT2D eigenvalue weighted by atomic mass is 10.2. The zero-order valence-electron chi connectivity index (χ0n) is 12.7. The van der Waals surface area contributed by atoms with Crippen molar-refractivity contribution >= 4 is 23.3 Å². The van der Waals surface area contributed by atoms with Gasteiger partial charge in [-0.2, -0.15) is 5.10 Å². The molecule has 0 fully saturated rings. The van der Waals surface area contributed by atoms with Gasteiger partial charge >= 0.3 is 0 Å². The molecule has 3 rings (SSSR count). The van der Waals surface area contributed by atoms with Crippen molar-refractivity contribution in [3.63, 3.8) is 0 Å². The van der Waals surface area contributed by atoms with Gasteiger partial charge in [0.05, 0.1) is 12.2 Å². The number of rotatable bonds is 4. The lowest BCUT2D eigenvalue weighted by Gasteiger charge is -2.09. The summed E-state index contributed by atoms with van der Waals surface area (Å²) in [6.07, 6.45) is 0. The molecule has 0 unspecified atom stereocenters. The Labute approximate surface area is 139 Å². The summed E-state index contributed by atoms with van der Waals surface area (Å²) >= 11 is 5.94. The molecular weight excluding hydrogens is 310 g/mol. The van der Waals surface area contributed by atoms with E-state index in [1.54, 1.807) is 28.9 Å². The van der Waals surface area contributed by atoms with E-state index in [0.717, 1.165) is 11.3 Å². The van der Waals surface area contributed by atoms with Crippen LogP contribution in [0.2, 0.25) is 5.02 Å². The fraction of sp³-hybridized carbons (Fsp3) is 0.111. The highest BCUT2D eigenvalue weighted by molar-refractivity contribution is 6.31. The van der Waals surface area contributed by atoms with Crippen molar-refractivity contribution in [2.24, 2.45) is 0 Å². The molecule has 3 aromatic rings. The van der Waals surface area contributed by atoms with Crippen LogP contribution >= 0.6 is 11.6 Å². The van der Waals surface area contributed by atoms with Crippen LogP contribution in [0.15, 0.2) is 60.7 Å². The first-order valence-electron chi connectivity index (χ1n) is 7.27. The molecule has 0 saturated carbocycles. The maximum atomic E-state index is 12.4. The van der Waals surface area contributed by atoms with Crippen molar-refractivity contribution < 1.29 is 4.79 Å². The minimum absolute atomic E-state index is 0.207. The highest BCUT2D eigenvalue weighted by atomic mass is 35.5. The molecule has 5 heteroatoms. The van der Waals surface area contributed by atoms with Gasteiger partial charge in [-0.15, -0.1) is 0 Å². The number of amides is 1. The van der Waals surface area contributed by atoms with Crippen LogP contribution < -0.4 is 5.32 Å². The van der Waals surface area contributed by atoms with Crippen LogP contribution in [0.5, 0.6) is 0 Å². The summed E-state index contributed by atoms with van der Waals surface area (Å²) in [6, 6.07) is 18.7. The summed E-state index contributed by atoms with van der Waals surface area (Å²) in [7, 11) is 0. The van der Waals surface area contributed by atoms with Crippen LogP contribution in [0.3, 0.4) is 0 Å². The summed E-state index contributed by atoms with van der Waals surface area (Å²) < 4.78 is 1.78. The van der Waals surface area contributed by atoms with Crippen LogP contribution in [-0.4, -0.2) is 15.7 Å². The Morgan fingerprint density at radius 1 is 1.13 bits per heavy atom. The van der Waals surface area contributed by atoms with E-state index in [0.29, 0.717) is 22.9 Å². The Bertz CT molecular complexity index is 827. The summed E-state index contributed by atoms with van der Waals surface area (Å²) in [6.45, 7) is 2.50. The van der Waals surface area contributed by atoms with E-state index in [1.807, 2.05) is 43.3 Å². The van der Waals surface area contributed by atoms with E-state index >= 15 is 0 Å². The zero-order valence-corrected chi connectivity index (χ0v) is 13.4. The standard InChI is InChI=1S/C18H16ClN3O/c1-13-10-17(20-18(23)15-8-5-9-16(19)11-15)22(21-13)12-14-6-3-2-4-7-14/h2-11H,12H2,1H3,(H,20,23). The lowest BCUT2D eigenvalue weighted by Crippen LogP contribution is -2.16. The SMILES string of the molecule is Cc1cc(NC(=O)c2cccc(Cl)c2)n(Cc2ccccc2)n1. The zero-order chi connectivity index (χ0) is 16.2. The van der Waals surface area contributed by atoms with Crippen LogP contribution in [0.4, 0.5) is 5.82 Å². The van der Waals surface area contributed by atoms with Gasteiger partial charge in [-0.05, 0) is 30.7 Å². The number of halogens is 1. The van der Waals surface area contributed by atoms with Crippen molar-refractivity contribution in [1.29, 1.82) is 0 Å².